The molecule has 1 saturated heterocycles. The zero-order valence-corrected chi connectivity index (χ0v) is 14.1. The van der Waals surface area contributed by atoms with Crippen LogP contribution in [-0.4, -0.2) is 19.0 Å². The summed E-state index contributed by atoms with van der Waals surface area (Å²) in [5, 5.41) is 5.74. The van der Waals surface area contributed by atoms with Gasteiger partial charge in [0.2, 0.25) is 5.91 Å². The quantitative estimate of drug-likeness (QED) is 0.793. The molecule has 1 aromatic carbocycles. The molecule has 2 N–H and O–H groups in total. The second-order valence-corrected chi connectivity index (χ2v) is 6.09. The highest BCUT2D eigenvalue weighted by Gasteiger charge is 2.31. The number of halogens is 5. The molecule has 0 bridgehead atoms. The SMILES string of the molecule is Cl.O=C(CCC1CCNC1)Nc1cc(Br)cc(C(F)(F)F)c1. The maximum atomic E-state index is 12.7. The molecule has 1 unspecified atom stereocenters. The Morgan fingerprint density at radius 2 is 2.09 bits per heavy atom. The monoisotopic (exact) mass is 400 g/mol. The fourth-order valence-corrected chi connectivity index (χ4v) is 2.84. The number of hydrogen-bond acceptors (Lipinski definition) is 2. The van der Waals surface area contributed by atoms with E-state index >= 15 is 0 Å². The van der Waals surface area contributed by atoms with E-state index < -0.39 is 11.7 Å². The molecule has 2 rings (SSSR count). The van der Waals surface area contributed by atoms with Crippen molar-refractivity contribution in [2.24, 2.45) is 5.92 Å². The molecule has 0 aromatic heterocycles. The van der Waals surface area contributed by atoms with Gasteiger partial charge in [0.15, 0.2) is 0 Å². The summed E-state index contributed by atoms with van der Waals surface area (Å²) in [4.78, 5) is 11.8. The minimum atomic E-state index is -4.43. The predicted molar refractivity (Wildman–Crippen MR) is 85.2 cm³/mol. The van der Waals surface area contributed by atoms with Gasteiger partial charge in [-0.25, -0.2) is 0 Å². The highest BCUT2D eigenvalue weighted by atomic mass is 79.9. The lowest BCUT2D eigenvalue weighted by Crippen LogP contribution is -2.15. The lowest BCUT2D eigenvalue weighted by Gasteiger charge is -2.12. The summed E-state index contributed by atoms with van der Waals surface area (Å²) in [6, 6.07) is 3.39. The minimum Gasteiger partial charge on any atom is -0.326 e. The van der Waals surface area contributed by atoms with Crippen molar-refractivity contribution in [2.45, 2.75) is 25.4 Å². The van der Waals surface area contributed by atoms with Crippen LogP contribution in [-0.2, 0) is 11.0 Å². The van der Waals surface area contributed by atoms with Crippen molar-refractivity contribution in [2.75, 3.05) is 18.4 Å². The predicted octanol–water partition coefficient (Wildman–Crippen LogP) is 4.22. The van der Waals surface area contributed by atoms with Crippen LogP contribution in [0.1, 0.15) is 24.8 Å². The van der Waals surface area contributed by atoms with Crippen molar-refractivity contribution in [3.05, 3.63) is 28.2 Å². The van der Waals surface area contributed by atoms with Crippen LogP contribution in [0.5, 0.6) is 0 Å². The molecular formula is C14H17BrClF3N2O. The first kappa shape index (κ1) is 19.3. The number of rotatable bonds is 4. The van der Waals surface area contributed by atoms with Gasteiger partial charge in [-0.3, -0.25) is 4.79 Å². The van der Waals surface area contributed by atoms with Gasteiger partial charge in [-0.2, -0.15) is 13.2 Å². The van der Waals surface area contributed by atoms with Crippen LogP contribution in [0.25, 0.3) is 0 Å². The van der Waals surface area contributed by atoms with Crippen LogP contribution in [0.2, 0.25) is 0 Å². The first-order valence-electron chi connectivity index (χ1n) is 6.73. The molecule has 3 nitrogen and oxygen atoms in total. The fourth-order valence-electron chi connectivity index (χ4n) is 2.35. The third kappa shape index (κ3) is 5.78. The summed E-state index contributed by atoms with van der Waals surface area (Å²) >= 11 is 3.03. The molecule has 1 aromatic rings. The van der Waals surface area contributed by atoms with Crippen LogP contribution in [0.4, 0.5) is 18.9 Å². The smallest absolute Gasteiger partial charge is 0.326 e. The summed E-state index contributed by atoms with van der Waals surface area (Å²) in [5.41, 5.74) is -0.626. The van der Waals surface area contributed by atoms with Gasteiger partial charge in [-0.05, 0) is 50.0 Å². The Bertz CT molecular complexity index is 519. The van der Waals surface area contributed by atoms with Crippen molar-refractivity contribution in [3.8, 4) is 0 Å². The number of nitrogens with one attached hydrogen (secondary N) is 2. The molecule has 8 heteroatoms. The zero-order chi connectivity index (χ0) is 15.5. The molecule has 0 radical (unpaired) electrons. The molecule has 1 fully saturated rings. The van der Waals surface area contributed by atoms with E-state index in [2.05, 4.69) is 26.6 Å². The van der Waals surface area contributed by atoms with Gasteiger partial charge in [0, 0.05) is 16.6 Å². The average Bonchev–Trinajstić information content (AvgIpc) is 2.87. The third-order valence-electron chi connectivity index (χ3n) is 3.45. The summed E-state index contributed by atoms with van der Waals surface area (Å²) in [7, 11) is 0. The van der Waals surface area contributed by atoms with Gasteiger partial charge in [0.1, 0.15) is 0 Å². The number of amides is 1. The average molecular weight is 402 g/mol. The van der Waals surface area contributed by atoms with E-state index in [1.54, 1.807) is 0 Å². The minimum absolute atomic E-state index is 0. The molecular weight excluding hydrogens is 385 g/mol. The molecule has 0 saturated carbocycles. The fraction of sp³-hybridized carbons (Fsp3) is 0.500. The summed E-state index contributed by atoms with van der Waals surface area (Å²) in [6.45, 7) is 1.87. The number of benzene rings is 1. The van der Waals surface area contributed by atoms with E-state index in [9.17, 15) is 18.0 Å². The molecule has 1 atom stereocenters. The topological polar surface area (TPSA) is 41.1 Å². The van der Waals surface area contributed by atoms with Gasteiger partial charge in [0.05, 0.1) is 5.56 Å². The Kier molecular flexibility index (Phi) is 7.15. The van der Waals surface area contributed by atoms with Gasteiger partial charge < -0.3 is 10.6 Å². The lowest BCUT2D eigenvalue weighted by atomic mass is 10.0. The standard InChI is InChI=1S/C14H16BrF3N2O.ClH/c15-11-5-10(14(16,17)18)6-12(7-11)20-13(21)2-1-9-3-4-19-8-9;/h5-7,9,19H,1-4,8H2,(H,20,21);1H. The van der Waals surface area contributed by atoms with E-state index in [0.717, 1.165) is 38.1 Å². The Balaban J connectivity index is 0.00000242. The number of alkyl halides is 3. The Hall–Kier alpha value is -0.790. The summed E-state index contributed by atoms with van der Waals surface area (Å²) < 4.78 is 38.4. The Morgan fingerprint density at radius 1 is 1.36 bits per heavy atom. The molecule has 1 aliphatic rings. The van der Waals surface area contributed by atoms with Crippen molar-refractivity contribution < 1.29 is 18.0 Å². The number of carbonyl (C=O) groups excluding carboxylic acids is 1. The van der Waals surface area contributed by atoms with Crippen LogP contribution in [0, 0.1) is 5.92 Å². The summed E-state index contributed by atoms with van der Waals surface area (Å²) in [6.07, 6.45) is -2.32. The van der Waals surface area contributed by atoms with Gasteiger partial charge in [-0.1, -0.05) is 15.9 Å². The van der Waals surface area contributed by atoms with Crippen LogP contribution < -0.4 is 10.6 Å². The molecule has 1 amide bonds. The van der Waals surface area contributed by atoms with Crippen LogP contribution in [0.3, 0.4) is 0 Å². The van der Waals surface area contributed by atoms with E-state index in [0.29, 0.717) is 12.3 Å². The number of hydrogen-bond donors (Lipinski definition) is 2. The van der Waals surface area contributed by atoms with Crippen molar-refractivity contribution in [1.82, 2.24) is 5.32 Å². The maximum Gasteiger partial charge on any atom is 0.416 e. The number of carbonyl (C=O) groups is 1. The van der Waals surface area contributed by atoms with Gasteiger partial charge in [-0.15, -0.1) is 12.4 Å². The van der Waals surface area contributed by atoms with Crippen LogP contribution in [0.15, 0.2) is 22.7 Å². The molecule has 22 heavy (non-hydrogen) atoms. The van der Waals surface area contributed by atoms with Gasteiger partial charge >= 0.3 is 6.18 Å². The van der Waals surface area contributed by atoms with E-state index in [4.69, 9.17) is 0 Å². The Labute approximate surface area is 141 Å². The molecule has 1 aliphatic heterocycles. The van der Waals surface area contributed by atoms with Gasteiger partial charge in [0.25, 0.3) is 0 Å². The highest BCUT2D eigenvalue weighted by molar-refractivity contribution is 9.10. The maximum absolute atomic E-state index is 12.7. The number of anilines is 1. The second kappa shape index (κ2) is 8.17. The van der Waals surface area contributed by atoms with Crippen molar-refractivity contribution >= 4 is 39.9 Å². The van der Waals surface area contributed by atoms with Crippen molar-refractivity contribution in [3.63, 3.8) is 0 Å². The normalized spacial score (nSPS) is 17.9. The molecule has 1 heterocycles. The van der Waals surface area contributed by atoms with Crippen LogP contribution >= 0.6 is 28.3 Å². The molecule has 0 aliphatic carbocycles. The zero-order valence-electron chi connectivity index (χ0n) is 11.7. The summed E-state index contributed by atoms with van der Waals surface area (Å²) in [5.74, 6) is 0.220. The first-order valence-corrected chi connectivity index (χ1v) is 7.52. The molecule has 124 valence electrons. The van der Waals surface area contributed by atoms with E-state index in [-0.39, 0.29) is 28.5 Å². The second-order valence-electron chi connectivity index (χ2n) is 5.17. The largest absolute Gasteiger partial charge is 0.416 e. The Morgan fingerprint density at radius 3 is 2.68 bits per heavy atom. The highest BCUT2D eigenvalue weighted by Crippen LogP contribution is 2.33. The van der Waals surface area contributed by atoms with E-state index in [1.165, 1.54) is 6.07 Å². The lowest BCUT2D eigenvalue weighted by molar-refractivity contribution is -0.137. The molecule has 0 spiro atoms. The first-order chi connectivity index (χ1) is 9.84. The third-order valence-corrected chi connectivity index (χ3v) is 3.91. The van der Waals surface area contributed by atoms with E-state index in [1.807, 2.05) is 0 Å². The van der Waals surface area contributed by atoms with Crippen molar-refractivity contribution in [1.29, 1.82) is 0 Å².